The highest BCUT2D eigenvalue weighted by Gasteiger charge is 2.44. The van der Waals surface area contributed by atoms with Crippen LogP contribution in [0.4, 0.5) is 51.2 Å². The molecule has 2 aliphatic heterocycles. The van der Waals surface area contributed by atoms with Crippen molar-refractivity contribution in [3.63, 3.8) is 0 Å². The van der Waals surface area contributed by atoms with Crippen LogP contribution in [-0.2, 0) is 5.41 Å². The van der Waals surface area contributed by atoms with Crippen LogP contribution < -0.4 is 31.1 Å². The van der Waals surface area contributed by atoms with Crippen LogP contribution in [0.2, 0.25) is 0 Å². The number of fused-ring (bicyclic) bond motifs is 4. The average Bonchev–Trinajstić information content (AvgIpc) is 3.39. The molecular formula is C63H48BN3. The number of aryl methyl sites for hydroxylation is 2. The largest absolute Gasteiger partial charge is 0.311 e. The lowest BCUT2D eigenvalue weighted by Gasteiger charge is -2.45. The van der Waals surface area contributed by atoms with Crippen LogP contribution in [0.5, 0.6) is 0 Å². The van der Waals surface area contributed by atoms with Gasteiger partial charge in [0, 0.05) is 45.5 Å². The Bertz CT molecular complexity index is 3220. The van der Waals surface area contributed by atoms with Crippen molar-refractivity contribution in [1.29, 1.82) is 0 Å². The van der Waals surface area contributed by atoms with Gasteiger partial charge < -0.3 is 14.7 Å². The summed E-state index contributed by atoms with van der Waals surface area (Å²) < 4.78 is 0. The van der Waals surface area contributed by atoms with Gasteiger partial charge in [0.1, 0.15) is 0 Å². The molecule has 10 aromatic rings. The first-order chi connectivity index (χ1) is 33.1. The van der Waals surface area contributed by atoms with E-state index in [1.54, 1.807) is 0 Å². The Labute approximate surface area is 394 Å². The lowest BCUT2D eigenvalue weighted by atomic mass is 9.33. The summed E-state index contributed by atoms with van der Waals surface area (Å²) in [6.45, 7) is 4.39. The Morgan fingerprint density at radius 2 is 0.731 bits per heavy atom. The standard InChI is InChI=1S/C63H48BN3/c1-45-32-37-53(38-33-45)67-59-41-34-46(2)42-57(59)64-56-30-18-19-31-58(56)66(60-43-55(44-61(67)62(60)64)65(51-26-14-6-15-27-51)52-28-16-7-17-29-52)54-39-35-50(36-40-54)63(47-20-8-3-9-21-47,48-22-10-4-11-23-48)49-24-12-5-13-25-49/h3-44H,1-2H3. The maximum Gasteiger partial charge on any atom is 0.252 e. The van der Waals surface area contributed by atoms with Crippen LogP contribution in [-0.4, -0.2) is 6.71 Å². The minimum atomic E-state index is -0.561. The summed E-state index contributed by atoms with van der Waals surface area (Å²) >= 11 is 0. The Kier molecular flexibility index (Phi) is 9.95. The molecule has 0 spiro atoms. The molecule has 67 heavy (non-hydrogen) atoms. The van der Waals surface area contributed by atoms with Gasteiger partial charge in [-0.15, -0.1) is 0 Å². The number of hydrogen-bond acceptors (Lipinski definition) is 3. The zero-order valence-corrected chi connectivity index (χ0v) is 37.7. The predicted molar refractivity (Wildman–Crippen MR) is 283 cm³/mol. The van der Waals surface area contributed by atoms with Gasteiger partial charge in [0.25, 0.3) is 6.71 Å². The molecule has 0 aliphatic carbocycles. The van der Waals surface area contributed by atoms with E-state index in [1.807, 2.05) is 0 Å². The summed E-state index contributed by atoms with van der Waals surface area (Å²) in [5.41, 5.74) is 20.9. The van der Waals surface area contributed by atoms with Gasteiger partial charge >= 0.3 is 0 Å². The summed E-state index contributed by atoms with van der Waals surface area (Å²) in [5.74, 6) is 0. The van der Waals surface area contributed by atoms with E-state index in [4.69, 9.17) is 0 Å². The van der Waals surface area contributed by atoms with E-state index in [0.717, 1.165) is 34.1 Å². The molecule has 0 N–H and O–H groups in total. The highest BCUT2D eigenvalue weighted by atomic mass is 15.2. The third kappa shape index (κ3) is 6.67. The molecule has 2 heterocycles. The van der Waals surface area contributed by atoms with E-state index in [-0.39, 0.29) is 6.71 Å². The lowest BCUT2D eigenvalue weighted by molar-refractivity contribution is 0.745. The average molecular weight is 858 g/mol. The molecule has 0 unspecified atom stereocenters. The van der Waals surface area contributed by atoms with E-state index in [9.17, 15) is 0 Å². The Morgan fingerprint density at radius 3 is 1.24 bits per heavy atom. The summed E-state index contributed by atoms with van der Waals surface area (Å²) in [4.78, 5) is 7.43. The van der Waals surface area contributed by atoms with Crippen LogP contribution in [0.3, 0.4) is 0 Å². The summed E-state index contributed by atoms with van der Waals surface area (Å²) in [7, 11) is 0. The van der Waals surface area contributed by atoms with Crippen molar-refractivity contribution >= 4 is 74.3 Å². The summed E-state index contributed by atoms with van der Waals surface area (Å²) in [6, 6.07) is 93.9. The van der Waals surface area contributed by atoms with Gasteiger partial charge in [-0.2, -0.15) is 0 Å². The van der Waals surface area contributed by atoms with Gasteiger partial charge in [-0.3, -0.25) is 0 Å². The van der Waals surface area contributed by atoms with Gasteiger partial charge in [0.2, 0.25) is 0 Å². The molecule has 0 saturated heterocycles. The van der Waals surface area contributed by atoms with Crippen molar-refractivity contribution in [3.05, 3.63) is 288 Å². The molecule has 0 aromatic heterocycles. The maximum atomic E-state index is 2.52. The SMILES string of the molecule is Cc1ccc(N2c3ccc(C)cc3B3c4ccccc4N(c4ccc(C(c5ccccc5)(c5ccccc5)c5ccccc5)cc4)c4cc(N(c5ccccc5)c5ccccc5)cc2c43)cc1. The number of rotatable bonds is 9. The van der Waals surface area contributed by atoms with Crippen LogP contribution in [0.1, 0.15) is 33.4 Å². The Hall–Kier alpha value is -8.34. The van der Waals surface area contributed by atoms with Crippen LogP contribution in [0, 0.1) is 13.8 Å². The molecule has 2 aliphatic rings. The summed E-state index contributed by atoms with van der Waals surface area (Å²) in [6.07, 6.45) is 0. The fourth-order valence-corrected chi connectivity index (χ4v) is 11.0. The second kappa shape index (κ2) is 16.6. The lowest BCUT2D eigenvalue weighted by Crippen LogP contribution is -2.61. The van der Waals surface area contributed by atoms with E-state index in [0.29, 0.717) is 0 Å². The molecule has 0 amide bonds. The van der Waals surface area contributed by atoms with E-state index >= 15 is 0 Å². The van der Waals surface area contributed by atoms with Gasteiger partial charge in [-0.05, 0) is 125 Å². The van der Waals surface area contributed by atoms with Crippen molar-refractivity contribution in [1.82, 2.24) is 0 Å². The van der Waals surface area contributed by atoms with E-state index in [1.165, 1.54) is 66.8 Å². The molecule has 0 fully saturated rings. The minimum absolute atomic E-state index is 0.00571. The molecule has 0 saturated carbocycles. The zero-order chi connectivity index (χ0) is 44.9. The van der Waals surface area contributed by atoms with E-state index in [2.05, 4.69) is 283 Å². The molecular weight excluding hydrogens is 810 g/mol. The normalized spacial score (nSPS) is 12.5. The second-order valence-corrected chi connectivity index (χ2v) is 17.9. The van der Waals surface area contributed by atoms with Gasteiger partial charge in [-0.25, -0.2) is 0 Å². The van der Waals surface area contributed by atoms with Gasteiger partial charge in [-0.1, -0.05) is 193 Å². The molecule has 10 aromatic carbocycles. The number of anilines is 9. The molecule has 4 heteroatoms. The Balaban J connectivity index is 1.14. The fraction of sp³-hybridized carbons (Fsp3) is 0.0476. The molecule has 318 valence electrons. The molecule has 0 bridgehead atoms. The van der Waals surface area contributed by atoms with Crippen molar-refractivity contribution in [2.45, 2.75) is 19.3 Å². The Morgan fingerprint density at radius 1 is 0.328 bits per heavy atom. The minimum Gasteiger partial charge on any atom is -0.311 e. The first kappa shape index (κ1) is 40.2. The van der Waals surface area contributed by atoms with Crippen LogP contribution in [0.15, 0.2) is 255 Å². The van der Waals surface area contributed by atoms with Gasteiger partial charge in [0.05, 0.1) is 11.1 Å². The highest BCUT2D eigenvalue weighted by molar-refractivity contribution is 7.00. The summed E-state index contributed by atoms with van der Waals surface area (Å²) in [5, 5.41) is 0. The highest BCUT2D eigenvalue weighted by Crippen LogP contribution is 2.50. The first-order valence-corrected chi connectivity index (χ1v) is 23.3. The maximum absolute atomic E-state index is 2.52. The molecule has 12 rings (SSSR count). The molecule has 0 atom stereocenters. The monoisotopic (exact) mass is 857 g/mol. The quantitative estimate of drug-likeness (QED) is 0.106. The zero-order valence-electron chi connectivity index (χ0n) is 37.7. The number of nitrogens with zero attached hydrogens (tertiary/aromatic N) is 3. The fourth-order valence-electron chi connectivity index (χ4n) is 11.0. The van der Waals surface area contributed by atoms with Crippen molar-refractivity contribution < 1.29 is 0 Å². The molecule has 3 nitrogen and oxygen atoms in total. The van der Waals surface area contributed by atoms with E-state index < -0.39 is 5.41 Å². The van der Waals surface area contributed by atoms with Crippen molar-refractivity contribution in [2.75, 3.05) is 14.7 Å². The topological polar surface area (TPSA) is 9.72 Å². The first-order valence-electron chi connectivity index (χ1n) is 23.3. The van der Waals surface area contributed by atoms with Gasteiger partial charge in [0.15, 0.2) is 0 Å². The number of para-hydroxylation sites is 3. The number of benzene rings is 10. The molecule has 0 radical (unpaired) electrons. The third-order valence-corrected chi connectivity index (χ3v) is 13.9. The third-order valence-electron chi connectivity index (χ3n) is 13.9. The predicted octanol–water partition coefficient (Wildman–Crippen LogP) is 14.2. The van der Waals surface area contributed by atoms with Crippen molar-refractivity contribution in [3.8, 4) is 0 Å². The van der Waals surface area contributed by atoms with Crippen LogP contribution >= 0.6 is 0 Å². The van der Waals surface area contributed by atoms with Crippen molar-refractivity contribution in [2.24, 2.45) is 0 Å². The number of hydrogen-bond donors (Lipinski definition) is 0. The van der Waals surface area contributed by atoms with Crippen LogP contribution in [0.25, 0.3) is 0 Å². The second-order valence-electron chi connectivity index (χ2n) is 17.9. The smallest absolute Gasteiger partial charge is 0.252 e.